The van der Waals surface area contributed by atoms with Crippen LogP contribution in [0.1, 0.15) is 33.9 Å². The number of hydrogen-bond acceptors (Lipinski definition) is 3. The van der Waals surface area contributed by atoms with Gasteiger partial charge in [0.15, 0.2) is 0 Å². The molecule has 0 bridgehead atoms. The topological polar surface area (TPSA) is 52.5 Å². The second kappa shape index (κ2) is 6.44. The molecule has 0 aromatic heterocycles. The summed E-state index contributed by atoms with van der Waals surface area (Å²) in [7, 11) is 0. The van der Waals surface area contributed by atoms with Gasteiger partial charge in [0, 0.05) is 12.1 Å². The van der Waals surface area contributed by atoms with Gasteiger partial charge in [-0.2, -0.15) is 0 Å². The molecule has 0 fully saturated rings. The second-order valence-corrected chi connectivity index (χ2v) is 6.80. The zero-order chi connectivity index (χ0) is 16.4. The van der Waals surface area contributed by atoms with Gasteiger partial charge in [0.2, 0.25) is 0 Å². The highest BCUT2D eigenvalue weighted by Gasteiger charge is 2.36. The molecular weight excluding hydrogens is 286 g/mol. The van der Waals surface area contributed by atoms with Gasteiger partial charge in [-0.1, -0.05) is 42.5 Å². The molecule has 0 unspecified atom stereocenters. The highest BCUT2D eigenvalue weighted by molar-refractivity contribution is 5.36. The van der Waals surface area contributed by atoms with Crippen LogP contribution in [0, 0.1) is 13.8 Å². The van der Waals surface area contributed by atoms with Gasteiger partial charge in [0.1, 0.15) is 0 Å². The van der Waals surface area contributed by atoms with Crippen molar-refractivity contribution in [3.63, 3.8) is 0 Å². The van der Waals surface area contributed by atoms with Crippen LogP contribution < -0.4 is 5.32 Å². The van der Waals surface area contributed by atoms with Gasteiger partial charge in [0.05, 0.1) is 12.7 Å². The quantitative estimate of drug-likeness (QED) is 0.795. The number of nitrogens with one attached hydrogen (secondary N) is 1. The molecule has 0 saturated carbocycles. The van der Waals surface area contributed by atoms with E-state index in [2.05, 4.69) is 31.3 Å². The van der Waals surface area contributed by atoms with Gasteiger partial charge < -0.3 is 15.5 Å². The number of fused-ring (bicyclic) bond motifs is 1. The Kier molecular flexibility index (Phi) is 4.53. The number of rotatable bonds is 5. The standard InChI is InChI=1S/C20H25NO2/c1-14-7-8-16(9-15(14)2)19(23)12-21-20(13-22)10-17-5-3-4-6-18(17)11-20/h3-9,19,21-23H,10-13H2,1-2H3/t19-/m1/s1. The summed E-state index contributed by atoms with van der Waals surface area (Å²) in [5.74, 6) is 0. The molecule has 3 heteroatoms. The van der Waals surface area contributed by atoms with Crippen LogP contribution in [0.25, 0.3) is 0 Å². The third kappa shape index (κ3) is 3.32. The Balaban J connectivity index is 1.68. The van der Waals surface area contributed by atoms with Crippen LogP contribution in [-0.4, -0.2) is 28.9 Å². The van der Waals surface area contributed by atoms with Gasteiger partial charge >= 0.3 is 0 Å². The summed E-state index contributed by atoms with van der Waals surface area (Å²) in [4.78, 5) is 0. The lowest BCUT2D eigenvalue weighted by molar-refractivity contribution is 0.124. The fraction of sp³-hybridized carbons (Fsp3) is 0.400. The number of aryl methyl sites for hydroxylation is 2. The molecule has 0 radical (unpaired) electrons. The molecule has 23 heavy (non-hydrogen) atoms. The molecule has 3 nitrogen and oxygen atoms in total. The van der Waals surface area contributed by atoms with Crippen molar-refractivity contribution in [3.05, 3.63) is 70.3 Å². The maximum atomic E-state index is 10.5. The molecule has 0 spiro atoms. The molecule has 0 saturated heterocycles. The Bertz CT molecular complexity index is 671. The van der Waals surface area contributed by atoms with Gasteiger partial charge in [-0.25, -0.2) is 0 Å². The van der Waals surface area contributed by atoms with Crippen LogP contribution in [0.5, 0.6) is 0 Å². The van der Waals surface area contributed by atoms with E-state index in [1.807, 2.05) is 30.3 Å². The van der Waals surface area contributed by atoms with E-state index in [9.17, 15) is 10.2 Å². The highest BCUT2D eigenvalue weighted by atomic mass is 16.3. The lowest BCUT2D eigenvalue weighted by Crippen LogP contribution is -2.50. The second-order valence-electron chi connectivity index (χ2n) is 6.80. The first-order chi connectivity index (χ1) is 11.0. The maximum absolute atomic E-state index is 10.5. The summed E-state index contributed by atoms with van der Waals surface area (Å²) in [6.07, 6.45) is 1.04. The molecule has 0 aliphatic heterocycles. The molecule has 1 aliphatic rings. The molecule has 3 rings (SSSR count). The molecule has 1 aliphatic carbocycles. The number of β-amino-alcohol motifs (C(OH)–C–C–N with tert-alkyl or cyclic N) is 1. The monoisotopic (exact) mass is 311 g/mol. The summed E-state index contributed by atoms with van der Waals surface area (Å²) in [5, 5.41) is 23.8. The Hall–Kier alpha value is -1.68. The Morgan fingerprint density at radius 1 is 1.04 bits per heavy atom. The zero-order valence-electron chi connectivity index (χ0n) is 13.8. The van der Waals surface area contributed by atoms with Gasteiger partial charge in [-0.3, -0.25) is 0 Å². The first-order valence-electron chi connectivity index (χ1n) is 8.21. The van der Waals surface area contributed by atoms with Gasteiger partial charge in [0.25, 0.3) is 0 Å². The normalized spacial score (nSPS) is 17.0. The van der Waals surface area contributed by atoms with Gasteiger partial charge in [-0.05, 0) is 54.5 Å². The largest absolute Gasteiger partial charge is 0.394 e. The van der Waals surface area contributed by atoms with Crippen molar-refractivity contribution in [1.82, 2.24) is 5.32 Å². The minimum Gasteiger partial charge on any atom is -0.394 e. The summed E-state index contributed by atoms with van der Waals surface area (Å²) >= 11 is 0. The molecule has 0 heterocycles. The highest BCUT2D eigenvalue weighted by Crippen LogP contribution is 2.30. The lowest BCUT2D eigenvalue weighted by atomic mass is 9.95. The van der Waals surface area contributed by atoms with Crippen molar-refractivity contribution in [3.8, 4) is 0 Å². The molecule has 0 amide bonds. The van der Waals surface area contributed by atoms with Crippen molar-refractivity contribution < 1.29 is 10.2 Å². The van der Waals surface area contributed by atoms with Crippen molar-refractivity contribution in [2.24, 2.45) is 0 Å². The molecule has 1 atom stereocenters. The molecular formula is C20H25NO2. The number of hydrogen-bond donors (Lipinski definition) is 3. The summed E-state index contributed by atoms with van der Waals surface area (Å²) in [6, 6.07) is 14.4. The van der Waals surface area contributed by atoms with Crippen molar-refractivity contribution >= 4 is 0 Å². The first-order valence-corrected chi connectivity index (χ1v) is 8.21. The van der Waals surface area contributed by atoms with E-state index in [1.165, 1.54) is 22.3 Å². The summed E-state index contributed by atoms with van der Waals surface area (Å²) in [6.45, 7) is 4.64. The van der Waals surface area contributed by atoms with E-state index in [0.717, 1.165) is 18.4 Å². The van der Waals surface area contributed by atoms with E-state index in [4.69, 9.17) is 0 Å². The van der Waals surface area contributed by atoms with Crippen LogP contribution in [0.15, 0.2) is 42.5 Å². The van der Waals surface area contributed by atoms with Crippen LogP contribution in [0.2, 0.25) is 0 Å². The Morgan fingerprint density at radius 3 is 2.26 bits per heavy atom. The molecule has 3 N–H and O–H groups in total. The molecule has 2 aromatic rings. The van der Waals surface area contributed by atoms with Crippen LogP contribution in [0.4, 0.5) is 0 Å². The van der Waals surface area contributed by atoms with E-state index >= 15 is 0 Å². The average Bonchev–Trinajstić information content (AvgIpc) is 2.94. The Morgan fingerprint density at radius 2 is 1.70 bits per heavy atom. The Labute approximate surface area is 138 Å². The smallest absolute Gasteiger partial charge is 0.0914 e. The fourth-order valence-electron chi connectivity index (χ4n) is 3.39. The van der Waals surface area contributed by atoms with Crippen molar-refractivity contribution in [1.29, 1.82) is 0 Å². The van der Waals surface area contributed by atoms with E-state index in [0.29, 0.717) is 6.54 Å². The van der Waals surface area contributed by atoms with Crippen LogP contribution in [-0.2, 0) is 12.8 Å². The third-order valence-corrected chi connectivity index (χ3v) is 5.06. The number of benzene rings is 2. The van der Waals surface area contributed by atoms with E-state index in [-0.39, 0.29) is 12.1 Å². The zero-order valence-corrected chi connectivity index (χ0v) is 13.8. The van der Waals surface area contributed by atoms with Gasteiger partial charge in [-0.15, -0.1) is 0 Å². The minimum atomic E-state index is -0.568. The predicted octanol–water partition coefficient (Wildman–Crippen LogP) is 2.46. The van der Waals surface area contributed by atoms with E-state index < -0.39 is 6.10 Å². The predicted molar refractivity (Wildman–Crippen MR) is 92.5 cm³/mol. The third-order valence-electron chi connectivity index (χ3n) is 5.06. The first kappa shape index (κ1) is 16.2. The van der Waals surface area contributed by atoms with Crippen molar-refractivity contribution in [2.75, 3.05) is 13.2 Å². The van der Waals surface area contributed by atoms with Crippen LogP contribution in [0.3, 0.4) is 0 Å². The summed E-state index contributed by atoms with van der Waals surface area (Å²) in [5.41, 5.74) is 5.55. The number of aliphatic hydroxyl groups excluding tert-OH is 2. The average molecular weight is 311 g/mol. The minimum absolute atomic E-state index is 0.0708. The molecule has 122 valence electrons. The van der Waals surface area contributed by atoms with Crippen molar-refractivity contribution in [2.45, 2.75) is 38.3 Å². The maximum Gasteiger partial charge on any atom is 0.0914 e. The lowest BCUT2D eigenvalue weighted by Gasteiger charge is -2.29. The number of aliphatic hydroxyl groups is 2. The summed E-state index contributed by atoms with van der Waals surface area (Å²) < 4.78 is 0. The molecule has 2 aromatic carbocycles. The van der Waals surface area contributed by atoms with E-state index in [1.54, 1.807) is 0 Å². The fourth-order valence-corrected chi connectivity index (χ4v) is 3.39. The SMILES string of the molecule is Cc1ccc([C@H](O)CNC2(CO)Cc3ccccc3C2)cc1C. The van der Waals surface area contributed by atoms with Crippen LogP contribution >= 0.6 is 0 Å².